The molecule has 150 valence electrons. The van der Waals surface area contributed by atoms with Crippen molar-refractivity contribution in [2.75, 3.05) is 7.11 Å². The molecule has 0 bridgehead atoms. The standard InChI is InChI=1S/C25H22N2O3/c1-30-25(29)22(16-18-9-8-10-19(15-18)17-26)27-24(28)23(20-11-4-2-5-12-20)21-13-6-3-7-14-21/h2-15,22-23H,16H2,1H3,(H,27,28)/t22-/m1/s1. The van der Waals surface area contributed by atoms with Gasteiger partial charge in [0.25, 0.3) is 0 Å². The molecule has 0 unspecified atom stereocenters. The number of amides is 1. The van der Waals surface area contributed by atoms with E-state index in [0.717, 1.165) is 16.7 Å². The molecule has 0 saturated heterocycles. The summed E-state index contributed by atoms with van der Waals surface area (Å²) in [6.45, 7) is 0. The predicted octanol–water partition coefficient (Wildman–Crippen LogP) is 3.59. The number of hydrogen-bond donors (Lipinski definition) is 1. The first-order valence-corrected chi connectivity index (χ1v) is 9.59. The van der Waals surface area contributed by atoms with Crippen LogP contribution in [-0.2, 0) is 20.7 Å². The van der Waals surface area contributed by atoms with Crippen molar-refractivity contribution >= 4 is 11.9 Å². The Morgan fingerprint density at radius 1 is 0.933 bits per heavy atom. The molecule has 1 amide bonds. The van der Waals surface area contributed by atoms with E-state index in [0.29, 0.717) is 5.56 Å². The number of carbonyl (C=O) groups excluding carboxylic acids is 2. The van der Waals surface area contributed by atoms with Crippen LogP contribution in [0.2, 0.25) is 0 Å². The molecule has 1 N–H and O–H groups in total. The Hall–Kier alpha value is -3.91. The van der Waals surface area contributed by atoms with E-state index >= 15 is 0 Å². The Balaban J connectivity index is 1.88. The van der Waals surface area contributed by atoms with Crippen molar-refractivity contribution < 1.29 is 14.3 Å². The molecule has 30 heavy (non-hydrogen) atoms. The molecule has 0 heterocycles. The third kappa shape index (κ3) is 5.12. The first kappa shape index (κ1) is 20.8. The van der Waals surface area contributed by atoms with Crippen LogP contribution in [0.4, 0.5) is 0 Å². The minimum Gasteiger partial charge on any atom is -0.467 e. The van der Waals surface area contributed by atoms with Gasteiger partial charge in [0, 0.05) is 6.42 Å². The van der Waals surface area contributed by atoms with E-state index in [-0.39, 0.29) is 12.3 Å². The maximum Gasteiger partial charge on any atom is 0.328 e. The Kier molecular flexibility index (Phi) is 6.96. The number of rotatable bonds is 7. The van der Waals surface area contributed by atoms with Crippen LogP contribution in [0.15, 0.2) is 84.9 Å². The average Bonchev–Trinajstić information content (AvgIpc) is 2.80. The first-order valence-electron chi connectivity index (χ1n) is 9.59. The van der Waals surface area contributed by atoms with E-state index < -0.39 is 17.9 Å². The van der Waals surface area contributed by atoms with E-state index in [1.807, 2.05) is 66.7 Å². The molecule has 0 saturated carbocycles. The lowest BCUT2D eigenvalue weighted by Crippen LogP contribution is -2.45. The SMILES string of the molecule is COC(=O)[C@@H](Cc1cccc(C#N)c1)NC(=O)C(c1ccccc1)c1ccccc1. The van der Waals surface area contributed by atoms with E-state index in [9.17, 15) is 9.59 Å². The van der Waals surface area contributed by atoms with E-state index in [4.69, 9.17) is 10.00 Å². The molecule has 0 spiro atoms. The molecule has 0 radical (unpaired) electrons. The van der Waals surface area contributed by atoms with Gasteiger partial charge in [0.05, 0.1) is 24.7 Å². The zero-order chi connectivity index (χ0) is 21.3. The zero-order valence-electron chi connectivity index (χ0n) is 16.6. The summed E-state index contributed by atoms with van der Waals surface area (Å²) in [5.41, 5.74) is 2.92. The number of nitrogens with one attached hydrogen (secondary N) is 1. The average molecular weight is 398 g/mol. The Morgan fingerprint density at radius 3 is 2.07 bits per heavy atom. The maximum absolute atomic E-state index is 13.3. The van der Waals surface area contributed by atoms with Crippen LogP contribution in [0.25, 0.3) is 0 Å². The number of methoxy groups -OCH3 is 1. The molecule has 1 atom stereocenters. The molecule has 3 rings (SSSR count). The van der Waals surface area contributed by atoms with Gasteiger partial charge in [-0.3, -0.25) is 4.79 Å². The highest BCUT2D eigenvalue weighted by atomic mass is 16.5. The molecule has 3 aromatic carbocycles. The fourth-order valence-corrected chi connectivity index (χ4v) is 3.38. The van der Waals surface area contributed by atoms with Crippen LogP contribution < -0.4 is 5.32 Å². The number of esters is 1. The number of benzene rings is 3. The fourth-order valence-electron chi connectivity index (χ4n) is 3.38. The summed E-state index contributed by atoms with van der Waals surface area (Å²) in [4.78, 5) is 25.7. The number of hydrogen-bond acceptors (Lipinski definition) is 4. The van der Waals surface area contributed by atoms with E-state index in [1.54, 1.807) is 18.2 Å². The highest BCUT2D eigenvalue weighted by molar-refractivity contribution is 5.91. The normalized spacial score (nSPS) is 11.4. The minimum atomic E-state index is -0.869. The van der Waals surface area contributed by atoms with Crippen LogP contribution in [0.1, 0.15) is 28.2 Å². The highest BCUT2D eigenvalue weighted by Gasteiger charge is 2.28. The van der Waals surface area contributed by atoms with Crippen molar-refractivity contribution in [1.82, 2.24) is 5.32 Å². The smallest absolute Gasteiger partial charge is 0.328 e. The number of nitriles is 1. The predicted molar refractivity (Wildman–Crippen MR) is 114 cm³/mol. The number of carbonyl (C=O) groups is 2. The fraction of sp³-hybridized carbons (Fsp3) is 0.160. The van der Waals surface area contributed by atoms with E-state index in [2.05, 4.69) is 11.4 Å². The Bertz CT molecular complexity index is 1000. The summed E-state index contributed by atoms with van der Waals surface area (Å²) in [6.07, 6.45) is 0.226. The second-order valence-corrected chi connectivity index (χ2v) is 6.86. The van der Waals surface area contributed by atoms with Gasteiger partial charge in [-0.2, -0.15) is 5.26 Å². The van der Waals surface area contributed by atoms with Crippen molar-refractivity contribution in [3.05, 3.63) is 107 Å². The van der Waals surface area contributed by atoms with E-state index in [1.165, 1.54) is 7.11 Å². The number of ether oxygens (including phenoxy) is 1. The van der Waals surface area contributed by atoms with Crippen LogP contribution in [0.3, 0.4) is 0 Å². The van der Waals surface area contributed by atoms with Gasteiger partial charge in [0.15, 0.2) is 0 Å². The highest BCUT2D eigenvalue weighted by Crippen LogP contribution is 2.25. The van der Waals surface area contributed by atoms with Crippen molar-refractivity contribution in [1.29, 1.82) is 5.26 Å². The van der Waals surface area contributed by atoms with Crippen LogP contribution in [0, 0.1) is 11.3 Å². The summed E-state index contributed by atoms with van der Waals surface area (Å²) in [5, 5.41) is 12.0. The number of nitrogens with zero attached hydrogens (tertiary/aromatic N) is 1. The lowest BCUT2D eigenvalue weighted by molar-refractivity contribution is -0.145. The second kappa shape index (κ2) is 10.0. The quantitative estimate of drug-likeness (QED) is 0.617. The lowest BCUT2D eigenvalue weighted by atomic mass is 9.90. The van der Waals surface area contributed by atoms with Gasteiger partial charge in [-0.15, -0.1) is 0 Å². The molecule has 5 heteroatoms. The van der Waals surface area contributed by atoms with Crippen LogP contribution in [-0.4, -0.2) is 25.0 Å². The summed E-state index contributed by atoms with van der Waals surface area (Å²) < 4.78 is 4.91. The van der Waals surface area contributed by atoms with Gasteiger partial charge in [0.1, 0.15) is 6.04 Å². The summed E-state index contributed by atoms with van der Waals surface area (Å²) in [6, 6.07) is 27.0. The van der Waals surface area contributed by atoms with Gasteiger partial charge < -0.3 is 10.1 Å². The van der Waals surface area contributed by atoms with Gasteiger partial charge in [-0.05, 0) is 28.8 Å². The molecule has 0 aliphatic carbocycles. The topological polar surface area (TPSA) is 79.2 Å². The monoisotopic (exact) mass is 398 g/mol. The lowest BCUT2D eigenvalue weighted by Gasteiger charge is -2.22. The third-order valence-corrected chi connectivity index (χ3v) is 4.83. The molecule has 0 aliphatic rings. The zero-order valence-corrected chi connectivity index (χ0v) is 16.6. The molecule has 0 fully saturated rings. The molecule has 3 aromatic rings. The van der Waals surface area contributed by atoms with Gasteiger partial charge in [0.2, 0.25) is 5.91 Å². The molecule has 0 aromatic heterocycles. The third-order valence-electron chi connectivity index (χ3n) is 4.83. The van der Waals surface area contributed by atoms with Gasteiger partial charge in [-0.1, -0.05) is 72.8 Å². The van der Waals surface area contributed by atoms with Crippen molar-refractivity contribution in [3.63, 3.8) is 0 Å². The molecule has 0 aliphatic heterocycles. The van der Waals surface area contributed by atoms with Crippen molar-refractivity contribution in [3.8, 4) is 6.07 Å². The largest absolute Gasteiger partial charge is 0.467 e. The minimum absolute atomic E-state index is 0.226. The second-order valence-electron chi connectivity index (χ2n) is 6.86. The Morgan fingerprint density at radius 2 is 1.53 bits per heavy atom. The van der Waals surface area contributed by atoms with Gasteiger partial charge >= 0.3 is 5.97 Å². The summed E-state index contributed by atoms with van der Waals surface area (Å²) >= 11 is 0. The molecule has 5 nitrogen and oxygen atoms in total. The van der Waals surface area contributed by atoms with Crippen LogP contribution >= 0.6 is 0 Å². The molecular weight excluding hydrogens is 376 g/mol. The molecular formula is C25H22N2O3. The summed E-state index contributed by atoms with van der Waals surface area (Å²) in [5.74, 6) is -1.39. The summed E-state index contributed by atoms with van der Waals surface area (Å²) in [7, 11) is 1.29. The van der Waals surface area contributed by atoms with Crippen molar-refractivity contribution in [2.45, 2.75) is 18.4 Å². The Labute approximate surface area is 175 Å². The first-order chi connectivity index (χ1) is 14.6. The van der Waals surface area contributed by atoms with Gasteiger partial charge in [-0.25, -0.2) is 4.79 Å². The maximum atomic E-state index is 13.3. The van der Waals surface area contributed by atoms with Crippen molar-refractivity contribution in [2.24, 2.45) is 0 Å². The van der Waals surface area contributed by atoms with Crippen LogP contribution in [0.5, 0.6) is 0 Å².